The van der Waals surface area contributed by atoms with Crippen LogP contribution >= 0.6 is 0 Å². The van der Waals surface area contributed by atoms with E-state index in [-0.39, 0.29) is 35.5 Å². The second-order valence-electron chi connectivity index (χ2n) is 8.64. The molecule has 2 N–H and O–H groups in total. The number of ether oxygens (including phenoxy) is 1. The van der Waals surface area contributed by atoms with Crippen LogP contribution in [0.25, 0.3) is 0 Å². The van der Waals surface area contributed by atoms with Crippen molar-refractivity contribution in [2.24, 2.45) is 0 Å². The third-order valence-electron chi connectivity index (χ3n) is 6.82. The van der Waals surface area contributed by atoms with Gasteiger partial charge in [-0.2, -0.15) is 5.10 Å². The molecule has 2 fully saturated rings. The summed E-state index contributed by atoms with van der Waals surface area (Å²) in [5.41, 5.74) is 0.754. The average molecular weight is 451 g/mol. The first-order valence-electron chi connectivity index (χ1n) is 11.1. The van der Waals surface area contributed by atoms with Gasteiger partial charge in [-0.15, -0.1) is 0 Å². The number of likely N-dealkylation sites (tertiary alicyclic amines) is 1. The van der Waals surface area contributed by atoms with E-state index in [4.69, 9.17) is 4.74 Å². The molecule has 1 amide bonds. The minimum absolute atomic E-state index is 0.0218. The van der Waals surface area contributed by atoms with Gasteiger partial charge < -0.3 is 14.7 Å². The molecule has 2 heterocycles. The molecule has 0 bridgehead atoms. The van der Waals surface area contributed by atoms with Crippen molar-refractivity contribution in [2.75, 3.05) is 19.8 Å². The number of hydrogen-bond donors (Lipinski definition) is 2. The van der Waals surface area contributed by atoms with Crippen molar-refractivity contribution < 1.29 is 27.8 Å². The standard InChI is InChI=1S/C23H28F3N3O3/c24-17-7-8-18(25)23(26)22(17)14-3-5-15(6-4-14)32-13-20-16(19-9-10-27-28-19)2-1-11-29(20)21(31)12-30/h7-10,14-16,20,30H,1-6,11-13H2,(H,27,28). The highest BCUT2D eigenvalue weighted by Crippen LogP contribution is 2.38. The zero-order chi connectivity index (χ0) is 22.7. The number of piperidine rings is 1. The van der Waals surface area contributed by atoms with E-state index in [0.29, 0.717) is 38.8 Å². The number of carbonyl (C=O) groups excluding carboxylic acids is 1. The third kappa shape index (κ3) is 4.68. The van der Waals surface area contributed by atoms with Crippen LogP contribution < -0.4 is 0 Å². The zero-order valence-electron chi connectivity index (χ0n) is 17.8. The number of aliphatic hydroxyl groups is 1. The average Bonchev–Trinajstić information content (AvgIpc) is 3.35. The van der Waals surface area contributed by atoms with Crippen molar-refractivity contribution in [3.05, 3.63) is 53.1 Å². The summed E-state index contributed by atoms with van der Waals surface area (Å²) < 4.78 is 48.0. The lowest BCUT2D eigenvalue weighted by atomic mass is 9.82. The molecule has 1 aromatic heterocycles. The molecule has 2 atom stereocenters. The van der Waals surface area contributed by atoms with Crippen molar-refractivity contribution in [3.63, 3.8) is 0 Å². The van der Waals surface area contributed by atoms with Crippen LogP contribution in [0.4, 0.5) is 13.2 Å². The number of aliphatic hydroxyl groups excluding tert-OH is 1. The van der Waals surface area contributed by atoms with Gasteiger partial charge in [0.25, 0.3) is 0 Å². The molecule has 0 spiro atoms. The quantitative estimate of drug-likeness (QED) is 0.658. The second-order valence-corrected chi connectivity index (χ2v) is 8.64. The number of aromatic nitrogens is 2. The number of nitrogens with zero attached hydrogens (tertiary/aromatic N) is 2. The Hall–Kier alpha value is -2.39. The fourth-order valence-electron chi connectivity index (χ4n) is 5.17. The van der Waals surface area contributed by atoms with Gasteiger partial charge in [0.05, 0.1) is 18.8 Å². The Morgan fingerprint density at radius 1 is 1.12 bits per heavy atom. The number of amides is 1. The number of aromatic amines is 1. The fourth-order valence-corrected chi connectivity index (χ4v) is 5.17. The van der Waals surface area contributed by atoms with E-state index in [1.807, 2.05) is 6.07 Å². The smallest absolute Gasteiger partial charge is 0.248 e. The minimum Gasteiger partial charge on any atom is -0.387 e. The molecule has 6 nitrogen and oxygen atoms in total. The van der Waals surface area contributed by atoms with Gasteiger partial charge in [0.2, 0.25) is 5.91 Å². The van der Waals surface area contributed by atoms with Crippen molar-refractivity contribution in [1.82, 2.24) is 15.1 Å². The summed E-state index contributed by atoms with van der Waals surface area (Å²) in [6.45, 7) is 0.304. The van der Waals surface area contributed by atoms with Crippen LogP contribution in [0.1, 0.15) is 61.6 Å². The van der Waals surface area contributed by atoms with Gasteiger partial charge in [0.1, 0.15) is 12.4 Å². The number of hydrogen-bond acceptors (Lipinski definition) is 4. The molecule has 1 aliphatic heterocycles. The van der Waals surface area contributed by atoms with Crippen molar-refractivity contribution >= 4 is 5.91 Å². The zero-order valence-corrected chi connectivity index (χ0v) is 17.8. The van der Waals surface area contributed by atoms with E-state index in [2.05, 4.69) is 10.2 Å². The van der Waals surface area contributed by atoms with Crippen LogP contribution in [-0.4, -0.2) is 58.0 Å². The maximum atomic E-state index is 14.2. The van der Waals surface area contributed by atoms with Gasteiger partial charge in [0.15, 0.2) is 11.6 Å². The summed E-state index contributed by atoms with van der Waals surface area (Å²) in [5, 5.41) is 16.4. The molecule has 4 rings (SSSR count). The van der Waals surface area contributed by atoms with Crippen LogP contribution in [0, 0.1) is 17.5 Å². The molecule has 1 saturated heterocycles. The summed E-state index contributed by atoms with van der Waals surface area (Å²) in [7, 11) is 0. The van der Waals surface area contributed by atoms with Gasteiger partial charge in [-0.25, -0.2) is 13.2 Å². The Morgan fingerprint density at radius 3 is 2.56 bits per heavy atom. The maximum absolute atomic E-state index is 14.2. The Morgan fingerprint density at radius 2 is 1.88 bits per heavy atom. The van der Waals surface area contributed by atoms with Gasteiger partial charge in [0, 0.05) is 29.9 Å². The highest BCUT2D eigenvalue weighted by atomic mass is 19.2. The molecule has 1 aromatic carbocycles. The normalized spacial score (nSPS) is 26.3. The highest BCUT2D eigenvalue weighted by Gasteiger charge is 2.37. The van der Waals surface area contributed by atoms with E-state index in [0.717, 1.165) is 30.7 Å². The van der Waals surface area contributed by atoms with Gasteiger partial charge >= 0.3 is 0 Å². The van der Waals surface area contributed by atoms with Crippen LogP contribution in [0.3, 0.4) is 0 Å². The van der Waals surface area contributed by atoms with Crippen LogP contribution in [0.2, 0.25) is 0 Å². The molecule has 2 unspecified atom stereocenters. The third-order valence-corrected chi connectivity index (χ3v) is 6.82. The number of carbonyl (C=O) groups is 1. The number of halogens is 3. The molecule has 0 radical (unpaired) electrons. The van der Waals surface area contributed by atoms with Crippen molar-refractivity contribution in [3.8, 4) is 0 Å². The Kier molecular flexibility index (Phi) is 7.15. The van der Waals surface area contributed by atoms with Crippen LogP contribution in [-0.2, 0) is 9.53 Å². The van der Waals surface area contributed by atoms with Crippen molar-refractivity contribution in [2.45, 2.75) is 62.5 Å². The highest BCUT2D eigenvalue weighted by molar-refractivity contribution is 5.77. The monoisotopic (exact) mass is 451 g/mol. The minimum atomic E-state index is -1.10. The Labute approximate surface area is 184 Å². The number of rotatable bonds is 6. The van der Waals surface area contributed by atoms with Gasteiger partial charge in [-0.1, -0.05) is 0 Å². The summed E-state index contributed by atoms with van der Waals surface area (Å²) in [6, 6.07) is 3.43. The first-order chi connectivity index (χ1) is 15.5. The number of benzene rings is 1. The SMILES string of the molecule is O=C(CO)N1CCCC(c2ccn[nH]2)C1COC1CCC(c2c(F)ccc(F)c2F)CC1. The lowest BCUT2D eigenvalue weighted by Gasteiger charge is -2.41. The largest absolute Gasteiger partial charge is 0.387 e. The van der Waals surface area contributed by atoms with Crippen molar-refractivity contribution in [1.29, 1.82) is 0 Å². The maximum Gasteiger partial charge on any atom is 0.248 e. The molecule has 174 valence electrons. The summed E-state index contributed by atoms with van der Waals surface area (Å²) in [6.07, 6.45) is 5.43. The van der Waals surface area contributed by atoms with E-state index >= 15 is 0 Å². The van der Waals surface area contributed by atoms with E-state index in [1.165, 1.54) is 0 Å². The summed E-state index contributed by atoms with van der Waals surface area (Å²) in [4.78, 5) is 14.0. The molecule has 2 aliphatic rings. The summed E-state index contributed by atoms with van der Waals surface area (Å²) >= 11 is 0. The van der Waals surface area contributed by atoms with Crippen LogP contribution in [0.5, 0.6) is 0 Å². The van der Waals surface area contributed by atoms with E-state index < -0.39 is 24.1 Å². The first kappa shape index (κ1) is 22.8. The number of nitrogens with one attached hydrogen (secondary N) is 1. The molecular weight excluding hydrogens is 423 g/mol. The Balaban J connectivity index is 1.40. The predicted octanol–water partition coefficient (Wildman–Crippen LogP) is 3.64. The molecule has 1 aliphatic carbocycles. The topological polar surface area (TPSA) is 78.5 Å². The van der Waals surface area contributed by atoms with Gasteiger partial charge in [-0.3, -0.25) is 9.89 Å². The number of H-pyrrole nitrogens is 1. The molecule has 32 heavy (non-hydrogen) atoms. The summed E-state index contributed by atoms with van der Waals surface area (Å²) in [5.74, 6) is -3.54. The van der Waals surface area contributed by atoms with Crippen LogP contribution in [0.15, 0.2) is 24.4 Å². The van der Waals surface area contributed by atoms with E-state index in [9.17, 15) is 23.1 Å². The molecular formula is C23H28F3N3O3. The lowest BCUT2D eigenvalue weighted by Crippen LogP contribution is -2.51. The van der Waals surface area contributed by atoms with Gasteiger partial charge in [-0.05, 0) is 62.6 Å². The predicted molar refractivity (Wildman–Crippen MR) is 110 cm³/mol. The molecule has 9 heteroatoms. The van der Waals surface area contributed by atoms with E-state index in [1.54, 1.807) is 11.1 Å². The second kappa shape index (κ2) is 10.0. The fraction of sp³-hybridized carbons (Fsp3) is 0.565. The molecule has 2 aromatic rings. The molecule has 1 saturated carbocycles. The Bertz CT molecular complexity index is 917. The first-order valence-corrected chi connectivity index (χ1v) is 11.1. The lowest BCUT2D eigenvalue weighted by molar-refractivity contribution is -0.141.